The lowest BCUT2D eigenvalue weighted by Gasteiger charge is -2.23. The number of hydrogen-bond donors (Lipinski definition) is 1. The zero-order valence-corrected chi connectivity index (χ0v) is 10.5. The molecule has 0 fully saturated rings. The van der Waals surface area contributed by atoms with Crippen LogP contribution in [0, 0.1) is 0 Å². The minimum atomic E-state index is -1.15. The maximum atomic E-state index is 10.8. The molecule has 1 aromatic carbocycles. The molecule has 0 radical (unpaired) electrons. The molecule has 3 aromatic rings. The second-order valence-electron chi connectivity index (χ2n) is 4.55. The molecule has 4 nitrogen and oxygen atoms in total. The summed E-state index contributed by atoms with van der Waals surface area (Å²) in [5.74, 6) is 0. The van der Waals surface area contributed by atoms with Crippen molar-refractivity contribution in [2.24, 2.45) is 0 Å². The molecule has 1 atom stereocenters. The predicted molar refractivity (Wildman–Crippen MR) is 70.9 cm³/mol. The van der Waals surface area contributed by atoms with Gasteiger partial charge in [-0.1, -0.05) is 18.2 Å². The zero-order valence-electron chi connectivity index (χ0n) is 10.5. The van der Waals surface area contributed by atoms with E-state index in [0.717, 1.165) is 5.69 Å². The Balaban J connectivity index is 2.11. The molecule has 0 saturated carbocycles. The summed E-state index contributed by atoms with van der Waals surface area (Å²) in [7, 11) is 0. The first-order valence-electron chi connectivity index (χ1n) is 6.04. The zero-order chi connectivity index (χ0) is 13.3. The van der Waals surface area contributed by atoms with Gasteiger partial charge in [0.15, 0.2) is 0 Å². The standard InChI is InChI=1S/C15H14N2O2/c1-15(18,12-8-10-19-11-12)14-7-9-16-17(14)13-5-3-2-4-6-13/h2-11,18H,1H3. The van der Waals surface area contributed by atoms with E-state index in [1.807, 2.05) is 30.3 Å². The summed E-state index contributed by atoms with van der Waals surface area (Å²) < 4.78 is 6.78. The van der Waals surface area contributed by atoms with Gasteiger partial charge in [-0.05, 0) is 31.2 Å². The van der Waals surface area contributed by atoms with Gasteiger partial charge in [-0.15, -0.1) is 0 Å². The van der Waals surface area contributed by atoms with Gasteiger partial charge in [0.1, 0.15) is 5.60 Å². The topological polar surface area (TPSA) is 51.2 Å². The molecule has 4 heteroatoms. The van der Waals surface area contributed by atoms with Gasteiger partial charge in [0, 0.05) is 11.8 Å². The Kier molecular flexibility index (Phi) is 2.72. The number of benzene rings is 1. The van der Waals surface area contributed by atoms with Crippen molar-refractivity contribution in [3.8, 4) is 5.69 Å². The van der Waals surface area contributed by atoms with E-state index in [1.54, 1.807) is 42.5 Å². The number of aliphatic hydroxyl groups is 1. The number of nitrogens with zero attached hydrogens (tertiary/aromatic N) is 2. The monoisotopic (exact) mass is 254 g/mol. The van der Waals surface area contributed by atoms with Crippen LogP contribution in [0.3, 0.4) is 0 Å². The van der Waals surface area contributed by atoms with Crippen molar-refractivity contribution < 1.29 is 9.52 Å². The molecule has 3 rings (SSSR count). The van der Waals surface area contributed by atoms with E-state index < -0.39 is 5.60 Å². The van der Waals surface area contributed by atoms with Crippen molar-refractivity contribution in [2.45, 2.75) is 12.5 Å². The van der Waals surface area contributed by atoms with Crippen LogP contribution in [0.25, 0.3) is 5.69 Å². The normalized spacial score (nSPS) is 14.2. The highest BCUT2D eigenvalue weighted by Crippen LogP contribution is 2.30. The second-order valence-corrected chi connectivity index (χ2v) is 4.55. The Morgan fingerprint density at radius 3 is 2.63 bits per heavy atom. The van der Waals surface area contributed by atoms with Crippen LogP contribution < -0.4 is 0 Å². The fraction of sp³-hybridized carbons (Fsp3) is 0.133. The van der Waals surface area contributed by atoms with Crippen LogP contribution in [0.5, 0.6) is 0 Å². The van der Waals surface area contributed by atoms with Crippen molar-refractivity contribution in [3.05, 3.63) is 72.4 Å². The maximum absolute atomic E-state index is 10.8. The molecule has 0 aliphatic heterocycles. The lowest BCUT2D eigenvalue weighted by Crippen LogP contribution is -2.25. The summed E-state index contributed by atoms with van der Waals surface area (Å²) in [6.07, 6.45) is 4.77. The van der Waals surface area contributed by atoms with Crippen LogP contribution in [0.1, 0.15) is 18.2 Å². The van der Waals surface area contributed by atoms with E-state index in [0.29, 0.717) is 11.3 Å². The molecule has 1 unspecified atom stereocenters. The fourth-order valence-electron chi connectivity index (χ4n) is 2.14. The molecular formula is C15H14N2O2. The fourth-order valence-corrected chi connectivity index (χ4v) is 2.14. The minimum Gasteiger partial charge on any atom is -0.472 e. The first-order chi connectivity index (χ1) is 9.19. The predicted octanol–water partition coefficient (Wildman–Crippen LogP) is 2.72. The van der Waals surface area contributed by atoms with Crippen molar-refractivity contribution in [2.75, 3.05) is 0 Å². The lowest BCUT2D eigenvalue weighted by molar-refractivity contribution is 0.0939. The summed E-state index contributed by atoms with van der Waals surface area (Å²) in [6.45, 7) is 1.73. The van der Waals surface area contributed by atoms with Crippen LogP contribution in [0.15, 0.2) is 65.6 Å². The quantitative estimate of drug-likeness (QED) is 0.781. The van der Waals surface area contributed by atoms with E-state index in [4.69, 9.17) is 4.42 Å². The highest BCUT2D eigenvalue weighted by Gasteiger charge is 2.30. The number of hydrogen-bond acceptors (Lipinski definition) is 3. The van der Waals surface area contributed by atoms with Gasteiger partial charge in [-0.25, -0.2) is 4.68 Å². The lowest BCUT2D eigenvalue weighted by atomic mass is 9.95. The SMILES string of the molecule is CC(O)(c1ccoc1)c1ccnn1-c1ccccc1. The van der Waals surface area contributed by atoms with Gasteiger partial charge in [-0.2, -0.15) is 5.10 Å². The Morgan fingerprint density at radius 2 is 1.95 bits per heavy atom. The molecule has 2 heterocycles. The van der Waals surface area contributed by atoms with Crippen molar-refractivity contribution in [1.29, 1.82) is 0 Å². The molecule has 0 aliphatic carbocycles. The Morgan fingerprint density at radius 1 is 1.16 bits per heavy atom. The number of aromatic nitrogens is 2. The Hall–Kier alpha value is -2.33. The minimum absolute atomic E-state index is 0.695. The van der Waals surface area contributed by atoms with Crippen molar-refractivity contribution in [1.82, 2.24) is 9.78 Å². The number of furan rings is 1. The molecule has 0 aliphatic rings. The van der Waals surface area contributed by atoms with Gasteiger partial charge in [0.2, 0.25) is 0 Å². The van der Waals surface area contributed by atoms with Crippen LogP contribution in [-0.2, 0) is 5.60 Å². The van der Waals surface area contributed by atoms with Crippen molar-refractivity contribution in [3.63, 3.8) is 0 Å². The summed E-state index contributed by atoms with van der Waals surface area (Å²) in [5, 5.41) is 15.0. The Bertz CT molecular complexity index is 655. The Labute approximate surface area is 110 Å². The van der Waals surface area contributed by atoms with Gasteiger partial charge in [0.25, 0.3) is 0 Å². The number of para-hydroxylation sites is 1. The van der Waals surface area contributed by atoms with Crippen LogP contribution in [0.2, 0.25) is 0 Å². The molecule has 96 valence electrons. The third kappa shape index (κ3) is 1.96. The molecular weight excluding hydrogens is 240 g/mol. The summed E-state index contributed by atoms with van der Waals surface area (Å²) in [4.78, 5) is 0. The average Bonchev–Trinajstić information content (AvgIpc) is 3.11. The highest BCUT2D eigenvalue weighted by molar-refractivity contribution is 5.37. The molecule has 19 heavy (non-hydrogen) atoms. The first kappa shape index (κ1) is 11.7. The van der Waals surface area contributed by atoms with E-state index >= 15 is 0 Å². The molecule has 1 N–H and O–H groups in total. The molecule has 2 aromatic heterocycles. The van der Waals surface area contributed by atoms with E-state index in [-0.39, 0.29) is 0 Å². The van der Waals surface area contributed by atoms with E-state index in [9.17, 15) is 5.11 Å². The molecule has 0 bridgehead atoms. The largest absolute Gasteiger partial charge is 0.472 e. The van der Waals surface area contributed by atoms with Crippen LogP contribution in [-0.4, -0.2) is 14.9 Å². The van der Waals surface area contributed by atoms with Crippen LogP contribution in [0.4, 0.5) is 0 Å². The van der Waals surface area contributed by atoms with Gasteiger partial charge >= 0.3 is 0 Å². The van der Waals surface area contributed by atoms with Gasteiger partial charge in [0.05, 0.1) is 23.9 Å². The molecule has 0 spiro atoms. The maximum Gasteiger partial charge on any atom is 0.132 e. The van der Waals surface area contributed by atoms with Crippen LogP contribution >= 0.6 is 0 Å². The molecule has 0 saturated heterocycles. The molecule has 0 amide bonds. The third-order valence-corrected chi connectivity index (χ3v) is 3.23. The number of rotatable bonds is 3. The van der Waals surface area contributed by atoms with Gasteiger partial charge < -0.3 is 9.52 Å². The smallest absolute Gasteiger partial charge is 0.132 e. The summed E-state index contributed by atoms with van der Waals surface area (Å²) >= 11 is 0. The van der Waals surface area contributed by atoms with E-state index in [1.165, 1.54) is 0 Å². The first-order valence-corrected chi connectivity index (χ1v) is 6.04. The summed E-state index contributed by atoms with van der Waals surface area (Å²) in [6, 6.07) is 13.3. The van der Waals surface area contributed by atoms with Gasteiger partial charge in [-0.3, -0.25) is 0 Å². The second kappa shape index (κ2) is 4.40. The average molecular weight is 254 g/mol. The van der Waals surface area contributed by atoms with E-state index in [2.05, 4.69) is 5.10 Å². The highest BCUT2D eigenvalue weighted by atomic mass is 16.3. The summed E-state index contributed by atoms with van der Waals surface area (Å²) in [5.41, 5.74) is 1.15. The van der Waals surface area contributed by atoms with Crippen molar-refractivity contribution >= 4 is 0 Å². The third-order valence-electron chi connectivity index (χ3n) is 3.23.